The van der Waals surface area contributed by atoms with Crippen molar-refractivity contribution in [3.63, 3.8) is 0 Å². The molecule has 0 N–H and O–H groups in total. The molecular formula is C16H7Br2NO6. The van der Waals surface area contributed by atoms with Crippen LogP contribution in [-0.4, -0.2) is 10.9 Å². The first kappa shape index (κ1) is 17.3. The number of nitro groups is 1. The molecule has 1 heterocycles. The number of nitrogens with zero attached hydrogens (tertiary/aromatic N) is 1. The van der Waals surface area contributed by atoms with E-state index in [4.69, 9.17) is 9.15 Å². The Morgan fingerprint density at radius 3 is 2.44 bits per heavy atom. The Kier molecular flexibility index (Phi) is 4.69. The third kappa shape index (κ3) is 3.62. The minimum Gasteiger partial charge on any atom is -0.423 e. The number of hydrogen-bond acceptors (Lipinski definition) is 6. The van der Waals surface area contributed by atoms with Crippen molar-refractivity contribution in [2.75, 3.05) is 0 Å². The number of ether oxygens (including phenoxy) is 1. The zero-order chi connectivity index (χ0) is 18.1. The number of non-ortho nitro benzene ring substituents is 1. The molecule has 1 aromatic heterocycles. The summed E-state index contributed by atoms with van der Waals surface area (Å²) in [5, 5.41) is 11.1. The number of nitro benzene ring substituents is 1. The zero-order valence-corrected chi connectivity index (χ0v) is 15.4. The fraction of sp³-hybridized carbons (Fsp3) is 0. The van der Waals surface area contributed by atoms with Crippen LogP contribution in [0.4, 0.5) is 5.69 Å². The molecule has 25 heavy (non-hydrogen) atoms. The maximum atomic E-state index is 12.2. The largest absolute Gasteiger partial charge is 0.423 e. The number of carbonyl (C=O) groups is 1. The Balaban J connectivity index is 1.95. The van der Waals surface area contributed by atoms with Crippen LogP contribution in [0, 0.1) is 10.1 Å². The number of hydrogen-bond donors (Lipinski definition) is 0. The van der Waals surface area contributed by atoms with Crippen molar-refractivity contribution in [1.29, 1.82) is 0 Å². The van der Waals surface area contributed by atoms with Crippen molar-refractivity contribution in [2.24, 2.45) is 0 Å². The van der Waals surface area contributed by atoms with Gasteiger partial charge in [0.25, 0.3) is 5.69 Å². The molecule has 0 amide bonds. The fourth-order valence-corrected chi connectivity index (χ4v) is 3.44. The first-order chi connectivity index (χ1) is 11.8. The van der Waals surface area contributed by atoms with Crippen LogP contribution in [0.3, 0.4) is 0 Å². The lowest BCUT2D eigenvalue weighted by Gasteiger charge is -2.05. The van der Waals surface area contributed by atoms with E-state index in [-0.39, 0.29) is 17.0 Å². The standard InChI is InChI=1S/C16H7Br2NO6/c17-9-5-8-6-12(16(21)25-14(8)13(18)7-9)15(20)24-11-3-1-10(2-4-11)19(22)23/h1-7H. The Morgan fingerprint density at radius 2 is 1.80 bits per heavy atom. The highest BCUT2D eigenvalue weighted by Crippen LogP contribution is 2.28. The molecule has 0 atom stereocenters. The summed E-state index contributed by atoms with van der Waals surface area (Å²) in [6.45, 7) is 0. The number of carbonyl (C=O) groups excluding carboxylic acids is 1. The zero-order valence-electron chi connectivity index (χ0n) is 12.2. The summed E-state index contributed by atoms with van der Waals surface area (Å²) in [4.78, 5) is 34.3. The van der Waals surface area contributed by atoms with E-state index in [1.807, 2.05) is 0 Å². The highest BCUT2D eigenvalue weighted by molar-refractivity contribution is 9.11. The SMILES string of the molecule is O=C(Oc1ccc([N+](=O)[O-])cc1)c1cc2cc(Br)cc(Br)c2oc1=O. The second-order valence-electron chi connectivity index (χ2n) is 4.89. The number of fused-ring (bicyclic) bond motifs is 1. The van der Waals surface area contributed by atoms with Crippen LogP contribution >= 0.6 is 31.9 Å². The molecule has 0 aliphatic carbocycles. The summed E-state index contributed by atoms with van der Waals surface area (Å²) >= 11 is 6.60. The number of benzene rings is 2. The van der Waals surface area contributed by atoms with Gasteiger partial charge in [-0.1, -0.05) is 15.9 Å². The smallest absolute Gasteiger partial charge is 0.351 e. The van der Waals surface area contributed by atoms with E-state index >= 15 is 0 Å². The van der Waals surface area contributed by atoms with E-state index in [2.05, 4.69) is 31.9 Å². The molecule has 0 bridgehead atoms. The van der Waals surface area contributed by atoms with Gasteiger partial charge in [0, 0.05) is 22.0 Å². The van der Waals surface area contributed by atoms with E-state index in [0.29, 0.717) is 15.4 Å². The summed E-state index contributed by atoms with van der Waals surface area (Å²) in [7, 11) is 0. The summed E-state index contributed by atoms with van der Waals surface area (Å²) < 4.78 is 11.5. The lowest BCUT2D eigenvalue weighted by molar-refractivity contribution is -0.384. The van der Waals surface area contributed by atoms with Gasteiger partial charge in [-0.2, -0.15) is 0 Å². The Morgan fingerprint density at radius 1 is 1.12 bits per heavy atom. The van der Waals surface area contributed by atoms with Crippen molar-refractivity contribution >= 4 is 54.5 Å². The first-order valence-corrected chi connectivity index (χ1v) is 8.33. The average Bonchev–Trinajstić information content (AvgIpc) is 2.55. The van der Waals surface area contributed by atoms with Crippen molar-refractivity contribution in [2.45, 2.75) is 0 Å². The lowest BCUT2D eigenvalue weighted by atomic mass is 10.2. The van der Waals surface area contributed by atoms with Crippen LogP contribution in [0.25, 0.3) is 11.0 Å². The third-order valence-electron chi connectivity index (χ3n) is 3.23. The van der Waals surface area contributed by atoms with Gasteiger partial charge in [-0.05, 0) is 46.3 Å². The summed E-state index contributed by atoms with van der Waals surface area (Å²) in [5.74, 6) is -0.842. The van der Waals surface area contributed by atoms with E-state index in [0.717, 1.165) is 4.47 Å². The van der Waals surface area contributed by atoms with Crippen molar-refractivity contribution in [3.05, 3.63) is 77.5 Å². The van der Waals surface area contributed by atoms with E-state index in [9.17, 15) is 19.7 Å². The molecule has 3 aromatic rings. The predicted molar refractivity (Wildman–Crippen MR) is 95.9 cm³/mol. The number of esters is 1. The molecule has 0 aliphatic rings. The molecule has 0 radical (unpaired) electrons. The average molecular weight is 469 g/mol. The van der Waals surface area contributed by atoms with Gasteiger partial charge in [-0.15, -0.1) is 0 Å². The van der Waals surface area contributed by atoms with Gasteiger partial charge in [0.1, 0.15) is 11.3 Å². The predicted octanol–water partition coefficient (Wildman–Crippen LogP) is 4.45. The third-order valence-corrected chi connectivity index (χ3v) is 4.28. The molecule has 0 saturated carbocycles. The minimum atomic E-state index is -0.916. The van der Waals surface area contributed by atoms with Gasteiger partial charge < -0.3 is 9.15 Å². The highest BCUT2D eigenvalue weighted by Gasteiger charge is 2.18. The summed E-state index contributed by atoms with van der Waals surface area (Å²) in [6, 6.07) is 9.69. The summed E-state index contributed by atoms with van der Waals surface area (Å²) in [5.41, 5.74) is -0.960. The van der Waals surface area contributed by atoms with Crippen LogP contribution in [0.2, 0.25) is 0 Å². The Hall–Kier alpha value is -2.52. The van der Waals surface area contributed by atoms with Gasteiger partial charge in [0.05, 0.1) is 9.40 Å². The highest BCUT2D eigenvalue weighted by atomic mass is 79.9. The van der Waals surface area contributed by atoms with Gasteiger partial charge >= 0.3 is 11.6 Å². The normalized spacial score (nSPS) is 10.6. The van der Waals surface area contributed by atoms with Gasteiger partial charge in [0.15, 0.2) is 5.58 Å². The maximum absolute atomic E-state index is 12.2. The molecule has 0 aliphatic heterocycles. The van der Waals surface area contributed by atoms with Crippen molar-refractivity contribution in [3.8, 4) is 5.75 Å². The van der Waals surface area contributed by atoms with Crippen molar-refractivity contribution in [1.82, 2.24) is 0 Å². The van der Waals surface area contributed by atoms with Gasteiger partial charge in [-0.3, -0.25) is 10.1 Å². The summed E-state index contributed by atoms with van der Waals surface area (Å²) in [6.07, 6.45) is 0. The van der Waals surface area contributed by atoms with E-state index in [1.54, 1.807) is 12.1 Å². The minimum absolute atomic E-state index is 0.0746. The Labute approximate surface area is 156 Å². The molecule has 126 valence electrons. The van der Waals surface area contributed by atoms with Gasteiger partial charge in [-0.25, -0.2) is 9.59 Å². The molecular weight excluding hydrogens is 462 g/mol. The maximum Gasteiger partial charge on any atom is 0.351 e. The molecule has 3 rings (SSSR count). The van der Waals surface area contributed by atoms with Crippen LogP contribution in [0.1, 0.15) is 10.4 Å². The Bertz CT molecular complexity index is 1060. The fourth-order valence-electron chi connectivity index (χ4n) is 2.10. The molecule has 2 aromatic carbocycles. The quantitative estimate of drug-likeness (QED) is 0.185. The molecule has 9 heteroatoms. The van der Waals surface area contributed by atoms with Crippen LogP contribution < -0.4 is 10.4 Å². The van der Waals surface area contributed by atoms with Crippen LogP contribution in [-0.2, 0) is 0 Å². The van der Waals surface area contributed by atoms with Gasteiger partial charge in [0.2, 0.25) is 0 Å². The number of rotatable bonds is 3. The molecule has 0 spiro atoms. The monoisotopic (exact) mass is 467 g/mol. The van der Waals surface area contributed by atoms with Crippen LogP contribution in [0.15, 0.2) is 60.6 Å². The molecule has 7 nitrogen and oxygen atoms in total. The topological polar surface area (TPSA) is 99.7 Å². The van der Waals surface area contributed by atoms with E-state index < -0.39 is 16.5 Å². The molecule has 0 unspecified atom stereocenters. The van der Waals surface area contributed by atoms with Crippen molar-refractivity contribution < 1.29 is 18.9 Å². The lowest BCUT2D eigenvalue weighted by Crippen LogP contribution is -2.18. The van der Waals surface area contributed by atoms with Crippen LogP contribution in [0.5, 0.6) is 5.75 Å². The molecule has 0 fully saturated rings. The molecule has 0 saturated heterocycles. The second kappa shape index (κ2) is 6.77. The number of halogens is 2. The van der Waals surface area contributed by atoms with E-state index in [1.165, 1.54) is 30.3 Å². The first-order valence-electron chi connectivity index (χ1n) is 6.74. The second-order valence-corrected chi connectivity index (χ2v) is 6.66.